The van der Waals surface area contributed by atoms with Gasteiger partial charge in [-0.3, -0.25) is 4.79 Å². The predicted octanol–water partition coefficient (Wildman–Crippen LogP) is 5.48. The van der Waals surface area contributed by atoms with Crippen molar-refractivity contribution in [3.05, 3.63) is 83.9 Å². The van der Waals surface area contributed by atoms with E-state index in [0.717, 1.165) is 34.1 Å². The first-order chi connectivity index (χ1) is 13.7. The lowest BCUT2D eigenvalue weighted by Crippen LogP contribution is -2.18. The quantitative estimate of drug-likeness (QED) is 0.476. The molecule has 0 radical (unpaired) electrons. The molecule has 0 fully saturated rings. The highest BCUT2D eigenvalue weighted by Gasteiger charge is 2.12. The molecule has 0 unspecified atom stereocenters. The summed E-state index contributed by atoms with van der Waals surface area (Å²) in [5.41, 5.74) is 5.03. The van der Waals surface area contributed by atoms with E-state index >= 15 is 0 Å². The van der Waals surface area contributed by atoms with E-state index in [1.165, 1.54) is 5.56 Å². The highest BCUT2D eigenvalue weighted by molar-refractivity contribution is 7.13. The van der Waals surface area contributed by atoms with Crippen molar-refractivity contribution in [2.45, 2.75) is 19.9 Å². The van der Waals surface area contributed by atoms with Crippen molar-refractivity contribution < 1.29 is 4.79 Å². The molecule has 0 aliphatic rings. The molecular weight excluding hydrogens is 366 g/mol. The van der Waals surface area contributed by atoms with Gasteiger partial charge >= 0.3 is 0 Å². The minimum Gasteiger partial charge on any atom is -0.336 e. The number of carbonyl (C=O) groups excluding carboxylic acids is 1. The number of nitrogens with one attached hydrogen (secondary N) is 1. The largest absolute Gasteiger partial charge is 0.336 e. The standard InChI is InChI=1S/C23H21N3OS/c1-2-17-8-6-11-19(14-17)24-22(27)15-26-13-7-12-21(26)23-25-20(16-28-23)18-9-4-3-5-10-18/h3-14,16H,2,15H2,1H3,(H,24,27). The molecule has 4 rings (SSSR count). The molecule has 0 saturated heterocycles. The number of hydrogen-bond acceptors (Lipinski definition) is 3. The molecule has 4 nitrogen and oxygen atoms in total. The molecule has 0 aliphatic carbocycles. The number of carbonyl (C=O) groups is 1. The first-order valence-corrected chi connectivity index (χ1v) is 10.2. The van der Waals surface area contributed by atoms with Crippen LogP contribution in [0.15, 0.2) is 78.3 Å². The van der Waals surface area contributed by atoms with Crippen molar-refractivity contribution >= 4 is 22.9 Å². The highest BCUT2D eigenvalue weighted by atomic mass is 32.1. The fourth-order valence-corrected chi connectivity index (χ4v) is 3.97. The molecule has 0 bridgehead atoms. The summed E-state index contributed by atoms with van der Waals surface area (Å²) in [6.45, 7) is 2.35. The number of benzene rings is 2. The molecule has 28 heavy (non-hydrogen) atoms. The van der Waals surface area contributed by atoms with E-state index in [2.05, 4.69) is 35.8 Å². The van der Waals surface area contributed by atoms with Gasteiger partial charge in [0.1, 0.15) is 11.6 Å². The lowest BCUT2D eigenvalue weighted by Gasteiger charge is -2.09. The molecule has 1 N–H and O–H groups in total. The van der Waals surface area contributed by atoms with E-state index in [1.807, 2.05) is 59.3 Å². The minimum absolute atomic E-state index is 0.0504. The molecule has 140 valence electrons. The van der Waals surface area contributed by atoms with Crippen LogP contribution in [0.4, 0.5) is 5.69 Å². The molecule has 5 heteroatoms. The molecule has 2 aromatic carbocycles. The van der Waals surface area contributed by atoms with Crippen molar-refractivity contribution in [2.75, 3.05) is 5.32 Å². The van der Waals surface area contributed by atoms with Crippen LogP contribution < -0.4 is 5.32 Å². The van der Waals surface area contributed by atoms with E-state index in [4.69, 9.17) is 4.98 Å². The fraction of sp³-hybridized carbons (Fsp3) is 0.130. The average molecular weight is 388 g/mol. The molecule has 0 aliphatic heterocycles. The number of hydrogen-bond donors (Lipinski definition) is 1. The topological polar surface area (TPSA) is 46.9 Å². The first kappa shape index (κ1) is 18.2. The molecule has 2 aromatic heterocycles. The lowest BCUT2D eigenvalue weighted by molar-refractivity contribution is -0.116. The Morgan fingerprint density at radius 2 is 1.93 bits per heavy atom. The molecule has 1 amide bonds. The summed E-state index contributed by atoms with van der Waals surface area (Å²) in [6, 6.07) is 22.0. The van der Waals surface area contributed by atoms with Gasteiger partial charge < -0.3 is 9.88 Å². The second kappa shape index (κ2) is 8.23. The normalized spacial score (nSPS) is 10.8. The Hall–Kier alpha value is -3.18. The highest BCUT2D eigenvalue weighted by Crippen LogP contribution is 2.29. The zero-order valence-corrected chi connectivity index (χ0v) is 16.4. The van der Waals surface area contributed by atoms with Gasteiger partial charge in [0.25, 0.3) is 0 Å². The number of thiazole rings is 1. The molecular formula is C23H21N3OS. The summed E-state index contributed by atoms with van der Waals surface area (Å²) in [5.74, 6) is -0.0504. The maximum Gasteiger partial charge on any atom is 0.244 e. The van der Waals surface area contributed by atoms with Crippen LogP contribution in [0.25, 0.3) is 22.0 Å². The number of amides is 1. The maximum atomic E-state index is 12.5. The van der Waals surface area contributed by atoms with Gasteiger partial charge in [0.15, 0.2) is 0 Å². The molecule has 0 spiro atoms. The Morgan fingerprint density at radius 3 is 2.75 bits per heavy atom. The number of nitrogens with zero attached hydrogens (tertiary/aromatic N) is 2. The van der Waals surface area contributed by atoms with E-state index < -0.39 is 0 Å². The van der Waals surface area contributed by atoms with Crippen LogP contribution in [0, 0.1) is 0 Å². The number of rotatable bonds is 6. The molecule has 4 aromatic rings. The van der Waals surface area contributed by atoms with Gasteiger partial charge in [0.05, 0.1) is 11.4 Å². The Labute approximate surface area is 168 Å². The van der Waals surface area contributed by atoms with Gasteiger partial charge in [-0.25, -0.2) is 4.98 Å². The van der Waals surface area contributed by atoms with Crippen molar-refractivity contribution in [3.8, 4) is 22.0 Å². The van der Waals surface area contributed by atoms with Crippen LogP contribution in [0.5, 0.6) is 0 Å². The van der Waals surface area contributed by atoms with Crippen LogP contribution in [0.2, 0.25) is 0 Å². The van der Waals surface area contributed by atoms with Gasteiger partial charge in [0, 0.05) is 22.8 Å². The molecule has 0 atom stereocenters. The number of aryl methyl sites for hydroxylation is 1. The number of aromatic nitrogens is 2. The Morgan fingerprint density at radius 1 is 1.07 bits per heavy atom. The smallest absolute Gasteiger partial charge is 0.244 e. The van der Waals surface area contributed by atoms with E-state index in [0.29, 0.717) is 0 Å². The SMILES string of the molecule is CCc1cccc(NC(=O)Cn2cccc2-c2nc(-c3ccccc3)cs2)c1. The molecule has 0 saturated carbocycles. The summed E-state index contributed by atoms with van der Waals surface area (Å²) < 4.78 is 1.94. The van der Waals surface area contributed by atoms with E-state index in [9.17, 15) is 4.79 Å². The third-order valence-corrected chi connectivity index (χ3v) is 5.42. The number of anilines is 1. The monoisotopic (exact) mass is 387 g/mol. The fourth-order valence-electron chi connectivity index (χ4n) is 3.10. The van der Waals surface area contributed by atoms with Crippen molar-refractivity contribution in [1.29, 1.82) is 0 Å². The van der Waals surface area contributed by atoms with E-state index in [-0.39, 0.29) is 12.5 Å². The zero-order valence-electron chi connectivity index (χ0n) is 15.6. The van der Waals surface area contributed by atoms with Crippen LogP contribution in [0.1, 0.15) is 12.5 Å². The molecule has 2 heterocycles. The van der Waals surface area contributed by atoms with Crippen LogP contribution in [-0.4, -0.2) is 15.5 Å². The van der Waals surface area contributed by atoms with Gasteiger partial charge in [-0.05, 0) is 36.2 Å². The zero-order chi connectivity index (χ0) is 19.3. The van der Waals surface area contributed by atoms with Gasteiger partial charge in [-0.2, -0.15) is 0 Å². The lowest BCUT2D eigenvalue weighted by atomic mass is 10.1. The van der Waals surface area contributed by atoms with Crippen LogP contribution >= 0.6 is 11.3 Å². The Balaban J connectivity index is 1.50. The Bertz CT molecular complexity index is 1080. The van der Waals surface area contributed by atoms with Gasteiger partial charge in [0.2, 0.25) is 5.91 Å². The third kappa shape index (κ3) is 4.05. The summed E-state index contributed by atoms with van der Waals surface area (Å²) in [6.07, 6.45) is 2.86. The third-order valence-electron chi connectivity index (χ3n) is 4.56. The van der Waals surface area contributed by atoms with Gasteiger partial charge in [-0.15, -0.1) is 11.3 Å². The summed E-state index contributed by atoms with van der Waals surface area (Å²) in [7, 11) is 0. The van der Waals surface area contributed by atoms with Crippen molar-refractivity contribution in [2.24, 2.45) is 0 Å². The second-order valence-corrected chi connectivity index (χ2v) is 7.39. The van der Waals surface area contributed by atoms with Crippen molar-refractivity contribution in [3.63, 3.8) is 0 Å². The second-order valence-electron chi connectivity index (χ2n) is 6.53. The Kier molecular flexibility index (Phi) is 5.35. The van der Waals surface area contributed by atoms with Crippen molar-refractivity contribution in [1.82, 2.24) is 9.55 Å². The summed E-state index contributed by atoms with van der Waals surface area (Å²) >= 11 is 1.59. The van der Waals surface area contributed by atoms with E-state index in [1.54, 1.807) is 11.3 Å². The van der Waals surface area contributed by atoms with Gasteiger partial charge in [-0.1, -0.05) is 49.4 Å². The minimum atomic E-state index is -0.0504. The predicted molar refractivity (Wildman–Crippen MR) is 115 cm³/mol. The van der Waals surface area contributed by atoms with Crippen LogP contribution in [0.3, 0.4) is 0 Å². The first-order valence-electron chi connectivity index (χ1n) is 9.28. The van der Waals surface area contributed by atoms with Crippen LogP contribution in [-0.2, 0) is 17.8 Å². The average Bonchev–Trinajstić information content (AvgIpc) is 3.38. The summed E-state index contributed by atoms with van der Waals surface area (Å²) in [4.78, 5) is 17.3. The summed E-state index contributed by atoms with van der Waals surface area (Å²) in [5, 5.41) is 5.95. The maximum absolute atomic E-state index is 12.5.